The lowest BCUT2D eigenvalue weighted by atomic mass is 10.0. The van der Waals surface area contributed by atoms with E-state index < -0.39 is 0 Å². The lowest BCUT2D eigenvalue weighted by molar-refractivity contribution is 0.663. The highest BCUT2D eigenvalue weighted by Crippen LogP contribution is 2.24. The minimum atomic E-state index is 0.00343. The molecule has 1 aromatic rings. The molecule has 1 aliphatic rings. The first kappa shape index (κ1) is 8.09. The molecule has 0 saturated heterocycles. The largest absolute Gasteiger partial charge is 0.298 e. The summed E-state index contributed by atoms with van der Waals surface area (Å²) in [6.07, 6.45) is 2.33. The van der Waals surface area contributed by atoms with Crippen LogP contribution in [0.2, 0.25) is 0 Å². The van der Waals surface area contributed by atoms with Crippen LogP contribution < -0.4 is 5.32 Å². The van der Waals surface area contributed by atoms with E-state index in [-0.39, 0.29) is 5.50 Å². The Morgan fingerprint density at radius 2 is 2.17 bits per heavy atom. The second kappa shape index (κ2) is 3.46. The first-order valence-electron chi connectivity index (χ1n) is 4.33. The molecule has 12 heavy (non-hydrogen) atoms. The number of hydrogen-bond acceptors (Lipinski definition) is 1. The van der Waals surface area contributed by atoms with Gasteiger partial charge in [0.15, 0.2) is 0 Å². The van der Waals surface area contributed by atoms with Crippen LogP contribution >= 0.6 is 11.6 Å². The van der Waals surface area contributed by atoms with Gasteiger partial charge in [0.1, 0.15) is 5.50 Å². The van der Waals surface area contributed by atoms with Crippen LogP contribution in [-0.2, 0) is 6.42 Å². The van der Waals surface area contributed by atoms with Gasteiger partial charge in [-0.15, -0.1) is 11.6 Å². The number of nitrogens with one attached hydrogen (secondary N) is 1. The van der Waals surface area contributed by atoms with Gasteiger partial charge in [-0.3, -0.25) is 5.32 Å². The highest BCUT2D eigenvalue weighted by Gasteiger charge is 2.13. The van der Waals surface area contributed by atoms with Crippen molar-refractivity contribution in [2.24, 2.45) is 0 Å². The Hall–Kier alpha value is -0.530. The molecule has 1 heterocycles. The Bertz CT molecular complexity index is 272. The van der Waals surface area contributed by atoms with Crippen LogP contribution in [0.5, 0.6) is 0 Å². The van der Waals surface area contributed by atoms with Crippen LogP contribution in [0.15, 0.2) is 24.3 Å². The van der Waals surface area contributed by atoms with E-state index in [1.807, 2.05) is 6.07 Å². The van der Waals surface area contributed by atoms with E-state index in [1.54, 1.807) is 0 Å². The highest BCUT2D eigenvalue weighted by atomic mass is 35.5. The number of rotatable bonds is 0. The maximum absolute atomic E-state index is 6.14. The molecule has 0 aromatic heterocycles. The van der Waals surface area contributed by atoms with Gasteiger partial charge < -0.3 is 0 Å². The van der Waals surface area contributed by atoms with Crippen molar-refractivity contribution in [1.82, 2.24) is 5.32 Å². The van der Waals surface area contributed by atoms with E-state index in [2.05, 4.69) is 23.5 Å². The van der Waals surface area contributed by atoms with Crippen molar-refractivity contribution in [2.45, 2.75) is 18.3 Å². The van der Waals surface area contributed by atoms with E-state index in [0.29, 0.717) is 0 Å². The number of benzene rings is 1. The molecule has 0 spiro atoms. The van der Waals surface area contributed by atoms with Crippen molar-refractivity contribution >= 4 is 11.6 Å². The Morgan fingerprint density at radius 3 is 3.08 bits per heavy atom. The molecule has 1 aliphatic heterocycles. The van der Waals surface area contributed by atoms with Crippen LogP contribution in [0, 0.1) is 0 Å². The fourth-order valence-electron chi connectivity index (χ4n) is 1.63. The summed E-state index contributed by atoms with van der Waals surface area (Å²) in [7, 11) is 0. The van der Waals surface area contributed by atoms with Gasteiger partial charge >= 0.3 is 0 Å². The molecule has 1 N–H and O–H groups in total. The van der Waals surface area contributed by atoms with E-state index in [0.717, 1.165) is 13.0 Å². The molecule has 2 rings (SSSR count). The number of halogens is 1. The lowest BCUT2D eigenvalue weighted by Crippen LogP contribution is -2.15. The average molecular weight is 182 g/mol. The molecule has 0 aliphatic carbocycles. The first-order valence-corrected chi connectivity index (χ1v) is 4.77. The van der Waals surface area contributed by atoms with E-state index in [9.17, 15) is 0 Å². The fraction of sp³-hybridized carbons (Fsp3) is 0.400. The normalized spacial score (nSPS) is 22.9. The number of aryl methyl sites for hydroxylation is 1. The molecule has 64 valence electrons. The number of hydrogen-bond donors (Lipinski definition) is 1. The zero-order valence-corrected chi connectivity index (χ0v) is 7.64. The molecule has 1 nitrogen and oxygen atoms in total. The Morgan fingerprint density at radius 1 is 1.33 bits per heavy atom. The molecule has 0 radical (unpaired) electrons. The van der Waals surface area contributed by atoms with Gasteiger partial charge in [-0.25, -0.2) is 0 Å². The van der Waals surface area contributed by atoms with Gasteiger partial charge in [-0.2, -0.15) is 0 Å². The minimum absolute atomic E-state index is 0.00343. The van der Waals surface area contributed by atoms with Gasteiger partial charge in [0.2, 0.25) is 0 Å². The van der Waals surface area contributed by atoms with Gasteiger partial charge in [0, 0.05) is 0 Å². The Labute approximate surface area is 77.7 Å². The quantitative estimate of drug-likeness (QED) is 0.479. The second-order valence-corrected chi connectivity index (χ2v) is 3.56. The second-order valence-electron chi connectivity index (χ2n) is 3.12. The number of fused-ring (bicyclic) bond motifs is 1. The van der Waals surface area contributed by atoms with Crippen LogP contribution in [0.1, 0.15) is 23.0 Å². The molecule has 1 aromatic carbocycles. The highest BCUT2D eigenvalue weighted by molar-refractivity contribution is 6.20. The number of alkyl halides is 1. The summed E-state index contributed by atoms with van der Waals surface area (Å²) in [5.74, 6) is 0. The molecule has 1 unspecified atom stereocenters. The molecule has 1 atom stereocenters. The molecule has 0 amide bonds. The van der Waals surface area contributed by atoms with Crippen molar-refractivity contribution in [3.05, 3.63) is 35.4 Å². The van der Waals surface area contributed by atoms with E-state index in [4.69, 9.17) is 11.6 Å². The Balaban J connectivity index is 2.39. The summed E-state index contributed by atoms with van der Waals surface area (Å²) >= 11 is 6.14. The maximum atomic E-state index is 6.14. The zero-order chi connectivity index (χ0) is 8.39. The Kier molecular flexibility index (Phi) is 2.33. The third-order valence-corrected chi connectivity index (χ3v) is 2.66. The third kappa shape index (κ3) is 1.47. The smallest absolute Gasteiger partial charge is 0.108 e. The standard InChI is InChI=1S/C10H12ClN/c11-10-9-6-2-1-4-8(9)5-3-7-12-10/h1-2,4,6,10,12H,3,5,7H2. The average Bonchev–Trinajstić information content (AvgIpc) is 2.29. The summed E-state index contributed by atoms with van der Waals surface area (Å²) in [5, 5.41) is 3.27. The van der Waals surface area contributed by atoms with Crippen LogP contribution in [0.3, 0.4) is 0 Å². The predicted molar refractivity (Wildman–Crippen MR) is 51.4 cm³/mol. The van der Waals surface area contributed by atoms with Gasteiger partial charge in [-0.1, -0.05) is 24.3 Å². The minimum Gasteiger partial charge on any atom is -0.298 e. The molecule has 0 saturated carbocycles. The van der Waals surface area contributed by atoms with Crippen molar-refractivity contribution in [2.75, 3.05) is 6.54 Å². The zero-order valence-electron chi connectivity index (χ0n) is 6.89. The SMILES string of the molecule is ClC1NCCCc2ccccc21. The van der Waals surface area contributed by atoms with Crippen LogP contribution in [0.25, 0.3) is 0 Å². The fourth-order valence-corrected chi connectivity index (χ4v) is 1.95. The molecular weight excluding hydrogens is 170 g/mol. The lowest BCUT2D eigenvalue weighted by Gasteiger charge is -2.10. The van der Waals surface area contributed by atoms with Crippen molar-refractivity contribution < 1.29 is 0 Å². The predicted octanol–water partition coefficient (Wildman–Crippen LogP) is 2.46. The monoisotopic (exact) mass is 181 g/mol. The summed E-state index contributed by atoms with van der Waals surface area (Å²) in [6, 6.07) is 8.39. The van der Waals surface area contributed by atoms with Gasteiger partial charge in [0.25, 0.3) is 0 Å². The first-order chi connectivity index (χ1) is 5.88. The van der Waals surface area contributed by atoms with E-state index in [1.165, 1.54) is 17.5 Å². The van der Waals surface area contributed by atoms with Crippen molar-refractivity contribution in [1.29, 1.82) is 0 Å². The van der Waals surface area contributed by atoms with Crippen molar-refractivity contribution in [3.63, 3.8) is 0 Å². The molecule has 0 fully saturated rings. The molecule has 2 heteroatoms. The van der Waals surface area contributed by atoms with Gasteiger partial charge in [0.05, 0.1) is 0 Å². The summed E-state index contributed by atoms with van der Waals surface area (Å²) in [4.78, 5) is 0. The van der Waals surface area contributed by atoms with Crippen LogP contribution in [0.4, 0.5) is 0 Å². The summed E-state index contributed by atoms with van der Waals surface area (Å²) in [6.45, 7) is 1.02. The topological polar surface area (TPSA) is 12.0 Å². The van der Waals surface area contributed by atoms with Crippen molar-refractivity contribution in [3.8, 4) is 0 Å². The van der Waals surface area contributed by atoms with Gasteiger partial charge in [-0.05, 0) is 30.5 Å². The van der Waals surface area contributed by atoms with E-state index >= 15 is 0 Å². The summed E-state index contributed by atoms with van der Waals surface area (Å²) < 4.78 is 0. The molecular formula is C10H12ClN. The summed E-state index contributed by atoms with van der Waals surface area (Å²) in [5.41, 5.74) is 2.64. The molecule has 0 bridgehead atoms. The maximum Gasteiger partial charge on any atom is 0.108 e. The van der Waals surface area contributed by atoms with Crippen LogP contribution in [-0.4, -0.2) is 6.54 Å². The third-order valence-electron chi connectivity index (χ3n) is 2.27.